The van der Waals surface area contributed by atoms with E-state index in [9.17, 15) is 4.79 Å². The Balaban J connectivity index is 1.87. The molecule has 1 aromatic carbocycles. The first kappa shape index (κ1) is 13.1. The molecular weight excluding hydrogens is 222 g/mol. The quantitative estimate of drug-likeness (QED) is 0.796. The zero-order valence-electron chi connectivity index (χ0n) is 11.3. The van der Waals surface area contributed by atoms with Crippen LogP contribution in [0.15, 0.2) is 30.3 Å². The standard InChI is InChI=1S/C16H23NO/c1-2-15-10-6-7-13-17(15)16(18)12-11-14-8-4-3-5-9-14/h3-5,8-9,15H,2,6-7,10-13H2,1H3/t15-/m0/s1. The number of hydrogen-bond acceptors (Lipinski definition) is 1. The van der Waals surface area contributed by atoms with Gasteiger partial charge in [-0.25, -0.2) is 0 Å². The van der Waals surface area contributed by atoms with Gasteiger partial charge in [0.15, 0.2) is 0 Å². The summed E-state index contributed by atoms with van der Waals surface area (Å²) in [6.45, 7) is 3.15. The molecule has 2 heteroatoms. The van der Waals surface area contributed by atoms with Crippen molar-refractivity contribution in [2.45, 2.75) is 51.5 Å². The predicted molar refractivity (Wildman–Crippen MR) is 74.4 cm³/mol. The summed E-state index contributed by atoms with van der Waals surface area (Å²) in [4.78, 5) is 14.4. The van der Waals surface area contributed by atoms with E-state index in [4.69, 9.17) is 0 Å². The van der Waals surface area contributed by atoms with Crippen molar-refractivity contribution in [1.29, 1.82) is 0 Å². The van der Waals surface area contributed by atoms with Crippen LogP contribution < -0.4 is 0 Å². The van der Waals surface area contributed by atoms with Crippen LogP contribution in [0.1, 0.15) is 44.6 Å². The number of aryl methyl sites for hydroxylation is 1. The van der Waals surface area contributed by atoms with Gasteiger partial charge < -0.3 is 4.90 Å². The van der Waals surface area contributed by atoms with Crippen LogP contribution in [0.5, 0.6) is 0 Å². The third-order valence-corrected chi connectivity index (χ3v) is 3.89. The summed E-state index contributed by atoms with van der Waals surface area (Å²) in [6.07, 6.45) is 6.26. The number of hydrogen-bond donors (Lipinski definition) is 0. The highest BCUT2D eigenvalue weighted by Crippen LogP contribution is 2.20. The molecule has 0 unspecified atom stereocenters. The van der Waals surface area contributed by atoms with E-state index in [0.717, 1.165) is 19.4 Å². The van der Waals surface area contributed by atoms with Crippen molar-refractivity contribution in [1.82, 2.24) is 4.90 Å². The Hall–Kier alpha value is -1.31. The van der Waals surface area contributed by atoms with Gasteiger partial charge in [0.05, 0.1) is 0 Å². The summed E-state index contributed by atoms with van der Waals surface area (Å²) < 4.78 is 0. The normalized spacial score (nSPS) is 19.8. The Morgan fingerprint density at radius 3 is 2.78 bits per heavy atom. The molecule has 0 aromatic heterocycles. The number of amides is 1. The van der Waals surface area contributed by atoms with Gasteiger partial charge in [-0.15, -0.1) is 0 Å². The Morgan fingerprint density at radius 1 is 1.28 bits per heavy atom. The van der Waals surface area contributed by atoms with E-state index in [1.807, 2.05) is 18.2 Å². The van der Waals surface area contributed by atoms with Crippen LogP contribution >= 0.6 is 0 Å². The molecule has 1 atom stereocenters. The molecule has 0 bridgehead atoms. The van der Waals surface area contributed by atoms with E-state index in [1.165, 1.54) is 24.8 Å². The molecule has 2 nitrogen and oxygen atoms in total. The Kier molecular flexibility index (Phi) is 4.80. The molecule has 1 fully saturated rings. The van der Waals surface area contributed by atoms with Gasteiger partial charge in [-0.05, 0) is 37.7 Å². The number of rotatable bonds is 4. The van der Waals surface area contributed by atoms with Crippen LogP contribution in [-0.4, -0.2) is 23.4 Å². The lowest BCUT2D eigenvalue weighted by molar-refractivity contribution is -0.134. The molecule has 18 heavy (non-hydrogen) atoms. The highest BCUT2D eigenvalue weighted by Gasteiger charge is 2.24. The Morgan fingerprint density at radius 2 is 2.06 bits per heavy atom. The molecule has 1 amide bonds. The summed E-state index contributed by atoms with van der Waals surface area (Å²) in [5, 5.41) is 0. The molecule has 0 N–H and O–H groups in total. The number of carbonyl (C=O) groups is 1. The zero-order chi connectivity index (χ0) is 12.8. The second-order valence-electron chi connectivity index (χ2n) is 5.13. The highest BCUT2D eigenvalue weighted by atomic mass is 16.2. The lowest BCUT2D eigenvalue weighted by Crippen LogP contribution is -2.43. The Bertz CT molecular complexity index is 374. The van der Waals surface area contributed by atoms with Crippen LogP contribution in [-0.2, 0) is 11.2 Å². The van der Waals surface area contributed by atoms with Crippen molar-refractivity contribution < 1.29 is 4.79 Å². The molecular formula is C16H23NO. The van der Waals surface area contributed by atoms with Gasteiger partial charge >= 0.3 is 0 Å². The van der Waals surface area contributed by atoms with Gasteiger partial charge in [-0.3, -0.25) is 4.79 Å². The van der Waals surface area contributed by atoms with E-state index in [1.54, 1.807) is 0 Å². The molecule has 0 spiro atoms. The number of piperidine rings is 1. The number of nitrogens with zero attached hydrogens (tertiary/aromatic N) is 1. The Labute approximate surface area is 110 Å². The molecule has 0 saturated carbocycles. The van der Waals surface area contributed by atoms with E-state index in [2.05, 4.69) is 24.0 Å². The maximum atomic E-state index is 12.3. The van der Waals surface area contributed by atoms with E-state index >= 15 is 0 Å². The van der Waals surface area contributed by atoms with Crippen LogP contribution in [0.4, 0.5) is 0 Å². The molecule has 1 saturated heterocycles. The van der Waals surface area contributed by atoms with Crippen molar-refractivity contribution >= 4 is 5.91 Å². The SMILES string of the molecule is CC[C@H]1CCCCN1C(=O)CCc1ccccc1. The summed E-state index contributed by atoms with van der Waals surface area (Å²) in [6, 6.07) is 10.8. The second kappa shape index (κ2) is 6.58. The smallest absolute Gasteiger partial charge is 0.223 e. The first-order chi connectivity index (χ1) is 8.81. The molecule has 98 valence electrons. The molecule has 1 heterocycles. The van der Waals surface area contributed by atoms with E-state index in [0.29, 0.717) is 18.4 Å². The fourth-order valence-corrected chi connectivity index (χ4v) is 2.79. The largest absolute Gasteiger partial charge is 0.340 e. The first-order valence-corrected chi connectivity index (χ1v) is 7.14. The van der Waals surface area contributed by atoms with Crippen molar-refractivity contribution in [3.63, 3.8) is 0 Å². The zero-order valence-corrected chi connectivity index (χ0v) is 11.3. The van der Waals surface area contributed by atoms with E-state index in [-0.39, 0.29) is 0 Å². The molecule has 1 aliphatic rings. The summed E-state index contributed by atoms with van der Waals surface area (Å²) in [5.41, 5.74) is 1.26. The molecule has 0 radical (unpaired) electrons. The van der Waals surface area contributed by atoms with Gasteiger partial charge in [-0.2, -0.15) is 0 Å². The first-order valence-electron chi connectivity index (χ1n) is 7.14. The minimum Gasteiger partial charge on any atom is -0.340 e. The average molecular weight is 245 g/mol. The highest BCUT2D eigenvalue weighted by molar-refractivity contribution is 5.76. The van der Waals surface area contributed by atoms with Gasteiger partial charge in [0, 0.05) is 19.0 Å². The van der Waals surface area contributed by atoms with Gasteiger partial charge in [0.25, 0.3) is 0 Å². The summed E-state index contributed by atoms with van der Waals surface area (Å²) in [5.74, 6) is 0.338. The van der Waals surface area contributed by atoms with Gasteiger partial charge in [0.1, 0.15) is 0 Å². The summed E-state index contributed by atoms with van der Waals surface area (Å²) in [7, 11) is 0. The third kappa shape index (κ3) is 3.34. The molecule has 1 aromatic rings. The van der Waals surface area contributed by atoms with Crippen molar-refractivity contribution in [3.8, 4) is 0 Å². The summed E-state index contributed by atoms with van der Waals surface area (Å²) >= 11 is 0. The topological polar surface area (TPSA) is 20.3 Å². The fraction of sp³-hybridized carbons (Fsp3) is 0.562. The number of benzene rings is 1. The average Bonchev–Trinajstić information content (AvgIpc) is 2.45. The van der Waals surface area contributed by atoms with Crippen LogP contribution in [0, 0.1) is 0 Å². The lowest BCUT2D eigenvalue weighted by atomic mass is 9.99. The van der Waals surface area contributed by atoms with Crippen molar-refractivity contribution in [3.05, 3.63) is 35.9 Å². The minimum absolute atomic E-state index is 0.338. The fourth-order valence-electron chi connectivity index (χ4n) is 2.79. The maximum absolute atomic E-state index is 12.3. The second-order valence-corrected chi connectivity index (χ2v) is 5.13. The van der Waals surface area contributed by atoms with Crippen LogP contribution in [0.2, 0.25) is 0 Å². The lowest BCUT2D eigenvalue weighted by Gasteiger charge is -2.35. The molecule has 0 aliphatic carbocycles. The number of carbonyl (C=O) groups excluding carboxylic acids is 1. The third-order valence-electron chi connectivity index (χ3n) is 3.89. The van der Waals surface area contributed by atoms with Crippen LogP contribution in [0.25, 0.3) is 0 Å². The van der Waals surface area contributed by atoms with Crippen molar-refractivity contribution in [2.24, 2.45) is 0 Å². The maximum Gasteiger partial charge on any atom is 0.223 e. The van der Waals surface area contributed by atoms with Gasteiger partial charge in [0.2, 0.25) is 5.91 Å². The van der Waals surface area contributed by atoms with Crippen molar-refractivity contribution in [2.75, 3.05) is 6.54 Å². The number of likely N-dealkylation sites (tertiary alicyclic amines) is 1. The molecule has 1 aliphatic heterocycles. The minimum atomic E-state index is 0.338. The monoisotopic (exact) mass is 245 g/mol. The van der Waals surface area contributed by atoms with E-state index < -0.39 is 0 Å². The predicted octanol–water partition coefficient (Wildman–Crippen LogP) is 3.41. The van der Waals surface area contributed by atoms with Crippen LogP contribution in [0.3, 0.4) is 0 Å². The van der Waals surface area contributed by atoms with Gasteiger partial charge in [-0.1, -0.05) is 37.3 Å². The molecule has 2 rings (SSSR count).